The highest BCUT2D eigenvalue weighted by Gasteiger charge is 2.29. The van der Waals surface area contributed by atoms with Crippen LogP contribution in [0.25, 0.3) is 0 Å². The average Bonchev–Trinajstić information content (AvgIpc) is 2.42. The molecule has 0 radical (unpaired) electrons. The van der Waals surface area contributed by atoms with Crippen LogP contribution in [0.5, 0.6) is 0 Å². The standard InChI is InChI=1S/C15H27N3O/c1-4-13-6-8-17-14(10-13)15(19)18(9-5-7-16)11-12(2)3/h12-14,17H,4-6,8-11H2,1-3H3. The number of nitrogens with one attached hydrogen (secondary N) is 1. The number of rotatable bonds is 6. The molecule has 108 valence electrons. The van der Waals surface area contributed by atoms with Crippen LogP contribution in [0.2, 0.25) is 0 Å². The molecule has 1 saturated heterocycles. The molecule has 0 aliphatic carbocycles. The molecule has 1 aliphatic heterocycles. The van der Waals surface area contributed by atoms with Gasteiger partial charge in [-0.05, 0) is 31.2 Å². The summed E-state index contributed by atoms with van der Waals surface area (Å²) in [6.45, 7) is 8.64. The van der Waals surface area contributed by atoms with Crippen molar-refractivity contribution in [2.24, 2.45) is 11.8 Å². The lowest BCUT2D eigenvalue weighted by Gasteiger charge is -2.33. The van der Waals surface area contributed by atoms with Gasteiger partial charge in [0.1, 0.15) is 0 Å². The lowest BCUT2D eigenvalue weighted by Crippen LogP contribution is -2.51. The predicted molar refractivity (Wildman–Crippen MR) is 76.5 cm³/mol. The van der Waals surface area contributed by atoms with Gasteiger partial charge in [0.2, 0.25) is 5.91 Å². The Morgan fingerprint density at radius 3 is 2.84 bits per heavy atom. The highest BCUT2D eigenvalue weighted by molar-refractivity contribution is 5.82. The normalized spacial score (nSPS) is 23.1. The summed E-state index contributed by atoms with van der Waals surface area (Å²) in [6.07, 6.45) is 3.68. The maximum atomic E-state index is 12.6. The molecule has 0 aromatic heterocycles. The van der Waals surface area contributed by atoms with E-state index in [2.05, 4.69) is 32.2 Å². The minimum absolute atomic E-state index is 0.0452. The minimum Gasteiger partial charge on any atom is -0.340 e. The van der Waals surface area contributed by atoms with Crippen LogP contribution >= 0.6 is 0 Å². The van der Waals surface area contributed by atoms with Gasteiger partial charge in [-0.15, -0.1) is 0 Å². The van der Waals surface area contributed by atoms with Gasteiger partial charge in [-0.3, -0.25) is 4.79 Å². The van der Waals surface area contributed by atoms with Crippen LogP contribution in [0.3, 0.4) is 0 Å². The van der Waals surface area contributed by atoms with Gasteiger partial charge < -0.3 is 10.2 Å². The molecule has 0 spiro atoms. The summed E-state index contributed by atoms with van der Waals surface area (Å²) in [5.41, 5.74) is 0. The topological polar surface area (TPSA) is 56.1 Å². The first-order valence-electron chi connectivity index (χ1n) is 7.47. The molecule has 2 unspecified atom stereocenters. The Bertz CT molecular complexity index is 322. The molecule has 4 heteroatoms. The molecule has 0 aromatic rings. The van der Waals surface area contributed by atoms with Crippen molar-refractivity contribution in [1.82, 2.24) is 10.2 Å². The second-order valence-corrected chi connectivity index (χ2v) is 5.89. The van der Waals surface area contributed by atoms with E-state index in [9.17, 15) is 4.79 Å². The molecule has 0 aromatic carbocycles. The number of piperidine rings is 1. The second-order valence-electron chi connectivity index (χ2n) is 5.89. The van der Waals surface area contributed by atoms with Crippen LogP contribution in [0.1, 0.15) is 46.5 Å². The van der Waals surface area contributed by atoms with Crippen LogP contribution in [0.4, 0.5) is 0 Å². The number of carbonyl (C=O) groups is 1. The van der Waals surface area contributed by atoms with E-state index in [0.29, 0.717) is 24.8 Å². The lowest BCUT2D eigenvalue weighted by atomic mass is 9.89. The number of amides is 1. The molecular weight excluding hydrogens is 238 g/mol. The fourth-order valence-electron chi connectivity index (χ4n) is 2.69. The van der Waals surface area contributed by atoms with Crippen molar-refractivity contribution < 1.29 is 4.79 Å². The Hall–Kier alpha value is -1.08. The summed E-state index contributed by atoms with van der Waals surface area (Å²) < 4.78 is 0. The number of hydrogen-bond acceptors (Lipinski definition) is 3. The second kappa shape index (κ2) is 8.16. The van der Waals surface area contributed by atoms with Gasteiger partial charge >= 0.3 is 0 Å². The molecule has 0 bridgehead atoms. The minimum atomic E-state index is -0.0452. The van der Waals surface area contributed by atoms with Crippen molar-refractivity contribution in [3.8, 4) is 6.07 Å². The Labute approximate surface area is 117 Å². The van der Waals surface area contributed by atoms with Crippen molar-refractivity contribution in [1.29, 1.82) is 5.26 Å². The summed E-state index contributed by atoms with van der Waals surface area (Å²) in [7, 11) is 0. The SMILES string of the molecule is CCC1CCNC(C(=O)N(CCC#N)CC(C)C)C1. The Kier molecular flexibility index (Phi) is 6.86. The highest BCUT2D eigenvalue weighted by atomic mass is 16.2. The van der Waals surface area contributed by atoms with E-state index in [1.165, 1.54) is 6.42 Å². The molecule has 1 rings (SSSR count). The predicted octanol–water partition coefficient (Wildman–Crippen LogP) is 2.16. The largest absolute Gasteiger partial charge is 0.340 e. The van der Waals surface area contributed by atoms with Gasteiger partial charge in [0.05, 0.1) is 18.5 Å². The molecule has 1 N–H and O–H groups in total. The third kappa shape index (κ3) is 5.20. The van der Waals surface area contributed by atoms with E-state index in [1.54, 1.807) is 0 Å². The fraction of sp³-hybridized carbons (Fsp3) is 0.867. The number of nitrogens with zero attached hydrogens (tertiary/aromatic N) is 2. The highest BCUT2D eigenvalue weighted by Crippen LogP contribution is 2.20. The quantitative estimate of drug-likeness (QED) is 0.800. The first-order chi connectivity index (χ1) is 9.08. The van der Waals surface area contributed by atoms with Gasteiger partial charge in [0, 0.05) is 13.1 Å². The van der Waals surface area contributed by atoms with Gasteiger partial charge in [-0.25, -0.2) is 0 Å². The van der Waals surface area contributed by atoms with E-state index in [4.69, 9.17) is 5.26 Å². The lowest BCUT2D eigenvalue weighted by molar-refractivity contribution is -0.135. The van der Waals surface area contributed by atoms with Crippen molar-refractivity contribution in [2.75, 3.05) is 19.6 Å². The molecule has 19 heavy (non-hydrogen) atoms. The van der Waals surface area contributed by atoms with E-state index in [-0.39, 0.29) is 11.9 Å². The molecule has 4 nitrogen and oxygen atoms in total. The summed E-state index contributed by atoms with van der Waals surface area (Å²) >= 11 is 0. The fourth-order valence-corrected chi connectivity index (χ4v) is 2.69. The molecule has 1 aliphatic rings. The molecule has 1 amide bonds. The third-order valence-corrected chi connectivity index (χ3v) is 3.78. The maximum absolute atomic E-state index is 12.6. The summed E-state index contributed by atoms with van der Waals surface area (Å²) in [5, 5.41) is 12.1. The summed E-state index contributed by atoms with van der Waals surface area (Å²) in [5.74, 6) is 1.28. The zero-order chi connectivity index (χ0) is 14.3. The molecule has 1 heterocycles. The van der Waals surface area contributed by atoms with Crippen LogP contribution in [-0.4, -0.2) is 36.5 Å². The zero-order valence-corrected chi connectivity index (χ0v) is 12.5. The smallest absolute Gasteiger partial charge is 0.239 e. The van der Waals surface area contributed by atoms with Crippen molar-refractivity contribution in [2.45, 2.75) is 52.5 Å². The van der Waals surface area contributed by atoms with Crippen molar-refractivity contribution in [3.63, 3.8) is 0 Å². The molecule has 0 saturated carbocycles. The van der Waals surface area contributed by atoms with E-state index in [0.717, 1.165) is 25.9 Å². The number of carbonyl (C=O) groups excluding carboxylic acids is 1. The Morgan fingerprint density at radius 1 is 1.53 bits per heavy atom. The Morgan fingerprint density at radius 2 is 2.26 bits per heavy atom. The van der Waals surface area contributed by atoms with Crippen LogP contribution < -0.4 is 5.32 Å². The first-order valence-corrected chi connectivity index (χ1v) is 7.47. The van der Waals surface area contributed by atoms with Crippen molar-refractivity contribution in [3.05, 3.63) is 0 Å². The van der Waals surface area contributed by atoms with E-state index >= 15 is 0 Å². The van der Waals surface area contributed by atoms with Gasteiger partial charge in [0.15, 0.2) is 0 Å². The summed E-state index contributed by atoms with van der Waals surface area (Å²) in [6, 6.07) is 2.09. The zero-order valence-electron chi connectivity index (χ0n) is 12.5. The summed E-state index contributed by atoms with van der Waals surface area (Å²) in [4.78, 5) is 14.4. The van der Waals surface area contributed by atoms with E-state index < -0.39 is 0 Å². The monoisotopic (exact) mass is 265 g/mol. The number of hydrogen-bond donors (Lipinski definition) is 1. The maximum Gasteiger partial charge on any atom is 0.239 e. The third-order valence-electron chi connectivity index (χ3n) is 3.78. The molecule has 2 atom stereocenters. The molecular formula is C15H27N3O. The van der Waals surface area contributed by atoms with Crippen LogP contribution in [0.15, 0.2) is 0 Å². The van der Waals surface area contributed by atoms with Crippen molar-refractivity contribution >= 4 is 5.91 Å². The average molecular weight is 265 g/mol. The first kappa shape index (κ1) is 16.0. The Balaban J connectivity index is 2.61. The molecule has 1 fully saturated rings. The van der Waals surface area contributed by atoms with Gasteiger partial charge in [0.25, 0.3) is 0 Å². The number of nitriles is 1. The van der Waals surface area contributed by atoms with Gasteiger partial charge in [-0.1, -0.05) is 27.2 Å². The van der Waals surface area contributed by atoms with Crippen LogP contribution in [-0.2, 0) is 4.79 Å². The van der Waals surface area contributed by atoms with E-state index in [1.807, 2.05) is 4.90 Å². The van der Waals surface area contributed by atoms with Crippen LogP contribution in [0, 0.1) is 23.2 Å². The van der Waals surface area contributed by atoms with Gasteiger partial charge in [-0.2, -0.15) is 5.26 Å².